The van der Waals surface area contributed by atoms with Gasteiger partial charge in [-0.3, -0.25) is 0 Å². The minimum absolute atomic E-state index is 1.05. The van der Waals surface area contributed by atoms with Crippen molar-refractivity contribution in [1.82, 2.24) is 5.32 Å². The first-order valence-corrected chi connectivity index (χ1v) is 7.37. The van der Waals surface area contributed by atoms with Gasteiger partial charge >= 0.3 is 0 Å². The number of hydrogen-bond donors (Lipinski definition) is 1. The van der Waals surface area contributed by atoms with Crippen LogP contribution < -0.4 is 5.32 Å². The summed E-state index contributed by atoms with van der Waals surface area (Å²) >= 11 is 2.05. The van der Waals surface area contributed by atoms with Crippen molar-refractivity contribution in [2.45, 2.75) is 45.4 Å². The quantitative estimate of drug-likeness (QED) is 0.624. The summed E-state index contributed by atoms with van der Waals surface area (Å²) in [6, 6.07) is 0. The van der Waals surface area contributed by atoms with E-state index in [2.05, 4.69) is 24.0 Å². The largest absolute Gasteiger partial charge is 0.317 e. The second kappa shape index (κ2) is 8.60. The second-order valence-electron chi connectivity index (χ2n) is 4.24. The molecule has 1 nitrogen and oxygen atoms in total. The fraction of sp³-hybridized carbons (Fsp3) is 1.00. The van der Waals surface area contributed by atoms with Gasteiger partial charge in [0.25, 0.3) is 0 Å². The van der Waals surface area contributed by atoms with Gasteiger partial charge in [-0.25, -0.2) is 0 Å². The lowest BCUT2D eigenvalue weighted by molar-refractivity contribution is 0.478. The van der Waals surface area contributed by atoms with Gasteiger partial charge in [0.1, 0.15) is 0 Å². The van der Waals surface area contributed by atoms with Crippen LogP contribution >= 0.6 is 11.8 Å². The van der Waals surface area contributed by atoms with Crippen molar-refractivity contribution in [2.75, 3.05) is 24.6 Å². The minimum Gasteiger partial charge on any atom is -0.317 e. The third kappa shape index (κ3) is 5.92. The van der Waals surface area contributed by atoms with Gasteiger partial charge in [-0.15, -0.1) is 0 Å². The monoisotopic (exact) mass is 215 g/mol. The van der Waals surface area contributed by atoms with E-state index >= 15 is 0 Å². The molecule has 14 heavy (non-hydrogen) atoms. The Kier molecular flexibility index (Phi) is 7.61. The van der Waals surface area contributed by atoms with Crippen LogP contribution in [0.3, 0.4) is 0 Å². The molecule has 0 aliphatic heterocycles. The maximum atomic E-state index is 3.56. The predicted molar refractivity (Wildman–Crippen MR) is 67.1 cm³/mol. The Balaban J connectivity index is 1.75. The molecule has 0 heterocycles. The molecule has 0 atom stereocenters. The van der Waals surface area contributed by atoms with Crippen LogP contribution in [0.1, 0.15) is 45.4 Å². The number of rotatable bonds is 8. The zero-order valence-electron chi connectivity index (χ0n) is 9.56. The van der Waals surface area contributed by atoms with Crippen LogP contribution in [0.2, 0.25) is 0 Å². The van der Waals surface area contributed by atoms with Crippen molar-refractivity contribution >= 4 is 11.8 Å². The molecule has 84 valence electrons. The molecule has 0 radical (unpaired) electrons. The van der Waals surface area contributed by atoms with Gasteiger partial charge in [-0.05, 0) is 43.4 Å². The first-order chi connectivity index (χ1) is 6.93. The summed E-state index contributed by atoms with van der Waals surface area (Å²) in [4.78, 5) is 0. The van der Waals surface area contributed by atoms with Gasteiger partial charge in [-0.2, -0.15) is 11.8 Å². The molecule has 1 fully saturated rings. The van der Waals surface area contributed by atoms with Crippen molar-refractivity contribution in [3.05, 3.63) is 0 Å². The lowest BCUT2D eigenvalue weighted by atomic mass is 10.0. The Hall–Kier alpha value is 0.310. The van der Waals surface area contributed by atoms with E-state index < -0.39 is 0 Å². The van der Waals surface area contributed by atoms with Crippen LogP contribution in [0.4, 0.5) is 0 Å². The summed E-state index contributed by atoms with van der Waals surface area (Å²) in [6.07, 6.45) is 8.71. The second-order valence-corrected chi connectivity index (χ2v) is 5.63. The maximum Gasteiger partial charge on any atom is -0.00411 e. The van der Waals surface area contributed by atoms with Crippen LogP contribution in [0.15, 0.2) is 0 Å². The maximum absolute atomic E-state index is 3.56. The van der Waals surface area contributed by atoms with E-state index in [9.17, 15) is 0 Å². The van der Waals surface area contributed by atoms with E-state index in [0.717, 1.165) is 5.92 Å². The zero-order chi connectivity index (χ0) is 10.1. The summed E-state index contributed by atoms with van der Waals surface area (Å²) in [5, 5.41) is 3.56. The zero-order valence-corrected chi connectivity index (χ0v) is 10.4. The number of nitrogens with one attached hydrogen (secondary N) is 1. The molecule has 0 aromatic carbocycles. The smallest absolute Gasteiger partial charge is 0.00411 e. The van der Waals surface area contributed by atoms with Crippen LogP contribution in [-0.4, -0.2) is 24.6 Å². The highest BCUT2D eigenvalue weighted by atomic mass is 32.2. The van der Waals surface area contributed by atoms with Crippen molar-refractivity contribution in [2.24, 2.45) is 5.92 Å². The molecule has 0 aromatic heterocycles. The topological polar surface area (TPSA) is 12.0 Å². The van der Waals surface area contributed by atoms with Crippen molar-refractivity contribution in [1.29, 1.82) is 0 Å². The lowest BCUT2D eigenvalue weighted by Crippen LogP contribution is -2.19. The normalized spacial score (nSPS) is 17.8. The molecular weight excluding hydrogens is 190 g/mol. The third-order valence-corrected chi connectivity index (χ3v) is 4.04. The Labute approximate surface area is 93.4 Å². The summed E-state index contributed by atoms with van der Waals surface area (Å²) in [7, 11) is 0. The van der Waals surface area contributed by atoms with Gasteiger partial charge in [0.2, 0.25) is 0 Å². The fourth-order valence-corrected chi connectivity index (χ4v) is 2.81. The molecule has 2 heteroatoms. The molecular formula is C12H25NS. The van der Waals surface area contributed by atoms with Crippen LogP contribution in [0, 0.1) is 5.92 Å². The summed E-state index contributed by atoms with van der Waals surface area (Å²) in [5.74, 6) is 3.64. The Morgan fingerprint density at radius 3 is 2.71 bits per heavy atom. The predicted octanol–water partition coefficient (Wildman–Crippen LogP) is 3.30. The molecule has 0 unspecified atom stereocenters. The Bertz CT molecular complexity index is 121. The molecule has 1 rings (SSSR count). The SMILES string of the molecule is CCSCCCNCCC1CCCC1. The lowest BCUT2D eigenvalue weighted by Gasteiger charge is -2.09. The fourth-order valence-electron chi connectivity index (χ4n) is 2.17. The first-order valence-electron chi connectivity index (χ1n) is 6.22. The summed E-state index contributed by atoms with van der Waals surface area (Å²) in [6.45, 7) is 4.71. The van der Waals surface area contributed by atoms with Gasteiger partial charge in [0, 0.05) is 0 Å². The highest BCUT2D eigenvalue weighted by Gasteiger charge is 2.13. The Morgan fingerprint density at radius 2 is 2.00 bits per heavy atom. The van der Waals surface area contributed by atoms with Gasteiger partial charge in [0.05, 0.1) is 0 Å². The molecule has 1 saturated carbocycles. The summed E-state index contributed by atoms with van der Waals surface area (Å²) in [5.41, 5.74) is 0. The first kappa shape index (κ1) is 12.4. The standard InChI is InChI=1S/C12H25NS/c1-2-14-11-5-9-13-10-8-12-6-3-4-7-12/h12-13H,2-11H2,1H3. The molecule has 0 amide bonds. The van der Waals surface area contributed by atoms with Gasteiger partial charge < -0.3 is 5.32 Å². The van der Waals surface area contributed by atoms with Crippen LogP contribution in [0.5, 0.6) is 0 Å². The van der Waals surface area contributed by atoms with Crippen molar-refractivity contribution in [3.63, 3.8) is 0 Å². The van der Waals surface area contributed by atoms with Crippen LogP contribution in [-0.2, 0) is 0 Å². The molecule has 0 saturated heterocycles. The van der Waals surface area contributed by atoms with Crippen molar-refractivity contribution in [3.8, 4) is 0 Å². The highest BCUT2D eigenvalue weighted by Crippen LogP contribution is 2.26. The third-order valence-electron chi connectivity index (χ3n) is 3.05. The van der Waals surface area contributed by atoms with E-state index in [1.54, 1.807) is 0 Å². The van der Waals surface area contributed by atoms with E-state index in [-0.39, 0.29) is 0 Å². The average Bonchev–Trinajstić information content (AvgIpc) is 2.69. The molecule has 0 spiro atoms. The van der Waals surface area contributed by atoms with Gasteiger partial charge in [0.15, 0.2) is 0 Å². The molecule has 1 aliphatic carbocycles. The van der Waals surface area contributed by atoms with E-state index in [1.165, 1.54) is 63.1 Å². The number of thioether (sulfide) groups is 1. The Morgan fingerprint density at radius 1 is 1.21 bits per heavy atom. The average molecular weight is 215 g/mol. The van der Waals surface area contributed by atoms with E-state index in [1.807, 2.05) is 0 Å². The summed E-state index contributed by atoms with van der Waals surface area (Å²) < 4.78 is 0. The highest BCUT2D eigenvalue weighted by molar-refractivity contribution is 7.99. The van der Waals surface area contributed by atoms with E-state index in [0.29, 0.717) is 0 Å². The van der Waals surface area contributed by atoms with Crippen molar-refractivity contribution < 1.29 is 0 Å². The molecule has 0 aromatic rings. The number of hydrogen-bond acceptors (Lipinski definition) is 2. The van der Waals surface area contributed by atoms with Gasteiger partial charge in [-0.1, -0.05) is 32.6 Å². The molecule has 1 aliphatic rings. The molecule has 0 bridgehead atoms. The van der Waals surface area contributed by atoms with Crippen LogP contribution in [0.25, 0.3) is 0 Å². The minimum atomic E-state index is 1.05. The molecule has 1 N–H and O–H groups in total. The van der Waals surface area contributed by atoms with E-state index in [4.69, 9.17) is 0 Å².